The lowest BCUT2D eigenvalue weighted by molar-refractivity contribution is -0.0553. The number of aromatic nitrogens is 1. The normalized spacial score (nSPS) is 12.4. The first-order valence-corrected chi connectivity index (χ1v) is 8.43. The van der Waals surface area contributed by atoms with Gasteiger partial charge in [-0.25, -0.2) is 9.37 Å². The maximum atomic E-state index is 13.8. The van der Waals surface area contributed by atoms with Crippen molar-refractivity contribution >= 4 is 12.1 Å². The average molecular weight is 396 g/mol. The minimum Gasteiger partial charge on any atom is -0.414 e. The molecule has 0 spiro atoms. The fraction of sp³-hybridized carbons (Fsp3) is 0.316. The number of rotatable bonds is 10. The maximum absolute atomic E-state index is 13.8. The molecule has 0 radical (unpaired) electrons. The number of pyridine rings is 1. The van der Waals surface area contributed by atoms with Gasteiger partial charge in [0, 0.05) is 43.8 Å². The number of likely N-dealkylation sites (N-methyl/N-ethyl adjacent to an activating group) is 1. The van der Waals surface area contributed by atoms with Crippen molar-refractivity contribution in [2.75, 3.05) is 20.1 Å². The van der Waals surface area contributed by atoms with E-state index in [2.05, 4.69) is 26.6 Å². The number of allylic oxidation sites excluding steroid dienone is 2. The lowest BCUT2D eigenvalue weighted by Gasteiger charge is -2.22. The number of nitrogens with one attached hydrogen (secondary N) is 1. The highest BCUT2D eigenvalue weighted by molar-refractivity contribution is 5.95. The van der Waals surface area contributed by atoms with Gasteiger partial charge < -0.3 is 15.0 Å². The Hall–Kier alpha value is -3.10. The van der Waals surface area contributed by atoms with Gasteiger partial charge in [0.1, 0.15) is 0 Å². The van der Waals surface area contributed by atoms with E-state index in [1.807, 2.05) is 31.0 Å². The van der Waals surface area contributed by atoms with Gasteiger partial charge in [0.15, 0.2) is 5.82 Å². The minimum absolute atomic E-state index is 0.0858. The summed E-state index contributed by atoms with van der Waals surface area (Å²) in [6.07, 6.45) is 7.92. The summed E-state index contributed by atoms with van der Waals surface area (Å²) in [5.74, 6) is -2.66. The average Bonchev–Trinajstić information content (AvgIpc) is 2.66. The van der Waals surface area contributed by atoms with E-state index in [9.17, 15) is 18.0 Å². The number of hydrogen-bond acceptors (Lipinski definition) is 5. The Labute approximate surface area is 162 Å². The van der Waals surface area contributed by atoms with Crippen LogP contribution >= 0.6 is 0 Å². The summed E-state index contributed by atoms with van der Waals surface area (Å²) in [6.45, 7) is 5.18. The number of nitrogens with zero attached hydrogens (tertiary/aromatic N) is 3. The van der Waals surface area contributed by atoms with Gasteiger partial charge >= 0.3 is 6.61 Å². The van der Waals surface area contributed by atoms with Crippen LogP contribution in [0.15, 0.2) is 53.5 Å². The highest BCUT2D eigenvalue weighted by Crippen LogP contribution is 2.17. The van der Waals surface area contributed by atoms with Crippen LogP contribution in [0.4, 0.5) is 13.2 Å². The van der Waals surface area contributed by atoms with Crippen LogP contribution in [0.25, 0.3) is 0 Å². The number of amides is 1. The SMILES string of the molecule is C=C/C(=C(\C=NC)CNC(=O)c1cnc(OC(F)F)c(F)c1)N(/C=C\C)CC. The fourth-order valence-corrected chi connectivity index (χ4v) is 2.33. The van der Waals surface area contributed by atoms with E-state index in [1.165, 1.54) is 0 Å². The summed E-state index contributed by atoms with van der Waals surface area (Å²) < 4.78 is 42.0. The van der Waals surface area contributed by atoms with E-state index >= 15 is 0 Å². The maximum Gasteiger partial charge on any atom is 0.388 e. The Kier molecular flexibility index (Phi) is 9.49. The van der Waals surface area contributed by atoms with E-state index in [4.69, 9.17) is 0 Å². The van der Waals surface area contributed by atoms with Crippen molar-refractivity contribution in [2.24, 2.45) is 4.99 Å². The van der Waals surface area contributed by atoms with Gasteiger partial charge in [-0.3, -0.25) is 9.79 Å². The molecular formula is C19H23F3N4O2. The molecule has 1 aromatic rings. The summed E-state index contributed by atoms with van der Waals surface area (Å²) in [5.41, 5.74) is 1.29. The lowest BCUT2D eigenvalue weighted by atomic mass is 10.1. The Morgan fingerprint density at radius 3 is 2.71 bits per heavy atom. The molecule has 0 unspecified atom stereocenters. The Balaban J connectivity index is 3.02. The van der Waals surface area contributed by atoms with Crippen molar-refractivity contribution in [1.29, 1.82) is 0 Å². The zero-order valence-electron chi connectivity index (χ0n) is 16.0. The second-order valence-corrected chi connectivity index (χ2v) is 5.34. The molecule has 0 aliphatic heterocycles. The van der Waals surface area contributed by atoms with Crippen molar-refractivity contribution in [2.45, 2.75) is 20.5 Å². The van der Waals surface area contributed by atoms with Crippen LogP contribution in [-0.4, -0.2) is 48.8 Å². The zero-order chi connectivity index (χ0) is 21.1. The molecule has 0 aliphatic rings. The number of carbonyl (C=O) groups is 1. The van der Waals surface area contributed by atoms with E-state index in [0.717, 1.165) is 18.0 Å². The molecule has 1 rings (SSSR count). The van der Waals surface area contributed by atoms with Crippen LogP contribution in [0.2, 0.25) is 0 Å². The van der Waals surface area contributed by atoms with Crippen molar-refractivity contribution in [3.05, 3.63) is 59.8 Å². The summed E-state index contributed by atoms with van der Waals surface area (Å²) in [5, 5.41) is 2.62. The summed E-state index contributed by atoms with van der Waals surface area (Å²) >= 11 is 0. The van der Waals surface area contributed by atoms with Crippen LogP contribution in [0.3, 0.4) is 0 Å². The van der Waals surface area contributed by atoms with Crippen LogP contribution in [0, 0.1) is 5.82 Å². The van der Waals surface area contributed by atoms with Gasteiger partial charge in [0.2, 0.25) is 0 Å². The van der Waals surface area contributed by atoms with Crippen LogP contribution in [-0.2, 0) is 0 Å². The van der Waals surface area contributed by atoms with Crippen molar-refractivity contribution in [3.63, 3.8) is 0 Å². The topological polar surface area (TPSA) is 66.8 Å². The molecule has 0 bridgehead atoms. The highest BCUT2D eigenvalue weighted by atomic mass is 19.3. The molecule has 0 saturated carbocycles. The largest absolute Gasteiger partial charge is 0.414 e. The quantitative estimate of drug-likeness (QED) is 0.485. The van der Waals surface area contributed by atoms with E-state index in [-0.39, 0.29) is 12.1 Å². The molecule has 1 amide bonds. The molecule has 152 valence electrons. The Morgan fingerprint density at radius 2 is 2.21 bits per heavy atom. The highest BCUT2D eigenvalue weighted by Gasteiger charge is 2.16. The number of ether oxygens (including phenoxy) is 1. The second kappa shape index (κ2) is 11.6. The third kappa shape index (κ3) is 6.57. The molecule has 9 heteroatoms. The third-order valence-corrected chi connectivity index (χ3v) is 3.50. The van der Waals surface area contributed by atoms with Crippen LogP contribution in [0.5, 0.6) is 5.88 Å². The number of carbonyl (C=O) groups excluding carboxylic acids is 1. The van der Waals surface area contributed by atoms with Gasteiger partial charge in [-0.15, -0.1) is 0 Å². The summed E-state index contributed by atoms with van der Waals surface area (Å²) in [4.78, 5) is 21.6. The molecule has 0 atom stereocenters. The number of aliphatic imine (C=N–C) groups is 1. The first kappa shape index (κ1) is 22.9. The summed E-state index contributed by atoms with van der Waals surface area (Å²) in [7, 11) is 1.59. The second-order valence-electron chi connectivity index (χ2n) is 5.34. The van der Waals surface area contributed by atoms with Crippen molar-refractivity contribution in [1.82, 2.24) is 15.2 Å². The fourth-order valence-electron chi connectivity index (χ4n) is 2.33. The molecule has 1 N–H and O–H groups in total. The number of halogens is 3. The third-order valence-electron chi connectivity index (χ3n) is 3.50. The number of hydrogen-bond donors (Lipinski definition) is 1. The number of alkyl halides is 2. The summed E-state index contributed by atoms with van der Waals surface area (Å²) in [6, 6.07) is 0.782. The van der Waals surface area contributed by atoms with E-state index < -0.39 is 24.2 Å². The Morgan fingerprint density at radius 1 is 1.50 bits per heavy atom. The molecule has 0 fully saturated rings. The molecule has 0 aliphatic carbocycles. The predicted molar refractivity (Wildman–Crippen MR) is 102 cm³/mol. The molecule has 0 aromatic carbocycles. The molecule has 1 heterocycles. The standard InChI is InChI=1S/C19H23F3N4O2/c1-5-8-26(7-3)16(6-2)14(10-23-4)12-24-17(27)13-9-15(20)18(25-11-13)28-19(21)22/h5-6,8-11,19H,2,7,12H2,1,3-4H3,(H,24,27)/b8-5-,16-14-,23-10?. The molecule has 28 heavy (non-hydrogen) atoms. The first-order valence-electron chi connectivity index (χ1n) is 8.43. The van der Waals surface area contributed by atoms with Crippen molar-refractivity contribution < 1.29 is 22.7 Å². The molecule has 0 saturated heterocycles. The zero-order valence-corrected chi connectivity index (χ0v) is 16.0. The van der Waals surface area contributed by atoms with Crippen LogP contribution < -0.4 is 10.1 Å². The van der Waals surface area contributed by atoms with Crippen LogP contribution in [0.1, 0.15) is 24.2 Å². The molecule has 6 nitrogen and oxygen atoms in total. The van der Waals surface area contributed by atoms with Gasteiger partial charge in [0.25, 0.3) is 11.8 Å². The van der Waals surface area contributed by atoms with E-state index in [1.54, 1.807) is 19.3 Å². The van der Waals surface area contributed by atoms with E-state index in [0.29, 0.717) is 12.1 Å². The first-order chi connectivity index (χ1) is 13.4. The van der Waals surface area contributed by atoms with Crippen molar-refractivity contribution in [3.8, 4) is 5.88 Å². The Bertz CT molecular complexity index is 776. The monoisotopic (exact) mass is 396 g/mol. The van der Waals surface area contributed by atoms with Gasteiger partial charge in [-0.05, 0) is 32.2 Å². The van der Waals surface area contributed by atoms with Gasteiger partial charge in [-0.1, -0.05) is 12.7 Å². The molecule has 1 aromatic heterocycles. The lowest BCUT2D eigenvalue weighted by Crippen LogP contribution is -2.28. The van der Waals surface area contributed by atoms with Gasteiger partial charge in [-0.2, -0.15) is 8.78 Å². The minimum atomic E-state index is -3.21. The predicted octanol–water partition coefficient (Wildman–Crippen LogP) is 3.55. The smallest absolute Gasteiger partial charge is 0.388 e. The van der Waals surface area contributed by atoms with Gasteiger partial charge in [0.05, 0.1) is 5.56 Å². The molecular weight excluding hydrogens is 373 g/mol.